The van der Waals surface area contributed by atoms with Crippen LogP contribution in [0.5, 0.6) is 0 Å². The first-order valence-corrected chi connectivity index (χ1v) is 11.3. The van der Waals surface area contributed by atoms with Gasteiger partial charge in [-0.15, -0.1) is 11.3 Å². The fraction of sp³-hybridized carbons (Fsp3) is 0.190. The fourth-order valence-electron chi connectivity index (χ4n) is 3.18. The molecule has 29 heavy (non-hydrogen) atoms. The summed E-state index contributed by atoms with van der Waals surface area (Å²) in [6.07, 6.45) is 0. The lowest BCUT2D eigenvalue weighted by molar-refractivity contribution is -0.115. The third kappa shape index (κ3) is 4.17. The van der Waals surface area contributed by atoms with Crippen LogP contribution in [0.25, 0.3) is 11.0 Å². The van der Waals surface area contributed by atoms with Gasteiger partial charge in [-0.05, 0) is 43.2 Å². The first-order valence-electron chi connectivity index (χ1n) is 9.02. The van der Waals surface area contributed by atoms with Crippen LogP contribution in [0.3, 0.4) is 0 Å². The van der Waals surface area contributed by atoms with E-state index in [0.29, 0.717) is 21.6 Å². The summed E-state index contributed by atoms with van der Waals surface area (Å²) in [7, 11) is 0. The molecule has 1 N–H and O–H groups in total. The highest BCUT2D eigenvalue weighted by Crippen LogP contribution is 2.38. The first-order chi connectivity index (χ1) is 13.9. The second-order valence-corrected chi connectivity index (χ2v) is 8.94. The van der Waals surface area contributed by atoms with E-state index in [9.17, 15) is 4.79 Å². The van der Waals surface area contributed by atoms with Gasteiger partial charge in [0, 0.05) is 18.1 Å². The van der Waals surface area contributed by atoms with Crippen molar-refractivity contribution in [3.8, 4) is 0 Å². The van der Waals surface area contributed by atoms with Crippen molar-refractivity contribution in [3.63, 3.8) is 0 Å². The van der Waals surface area contributed by atoms with E-state index in [1.165, 1.54) is 18.3 Å². The van der Waals surface area contributed by atoms with Gasteiger partial charge in [-0.1, -0.05) is 41.6 Å². The molecule has 0 saturated heterocycles. The zero-order valence-corrected chi connectivity index (χ0v) is 18.6. The molecule has 148 valence electrons. The largest absolute Gasteiger partial charge is 0.333 e. The lowest BCUT2D eigenvalue weighted by atomic mass is 10.1. The molecule has 0 atom stereocenters. The highest BCUT2D eigenvalue weighted by Gasteiger charge is 2.22. The molecule has 8 heteroatoms. The maximum atomic E-state index is 12.4. The molecule has 5 nitrogen and oxygen atoms in total. The Labute approximate surface area is 182 Å². The minimum Gasteiger partial charge on any atom is -0.333 e. The second-order valence-electron chi connectivity index (χ2n) is 6.74. The minimum atomic E-state index is -0.121. The van der Waals surface area contributed by atoms with E-state index in [1.807, 2.05) is 55.6 Å². The van der Waals surface area contributed by atoms with Crippen molar-refractivity contribution in [1.29, 1.82) is 0 Å². The molecule has 0 radical (unpaired) electrons. The van der Waals surface area contributed by atoms with Gasteiger partial charge in [0.05, 0.1) is 27.4 Å². The van der Waals surface area contributed by atoms with Gasteiger partial charge in [0.2, 0.25) is 5.91 Å². The fourth-order valence-corrected chi connectivity index (χ4v) is 5.35. The summed E-state index contributed by atoms with van der Waals surface area (Å²) in [5, 5.41) is 3.98. The number of hydrogen-bond donors (Lipinski definition) is 1. The van der Waals surface area contributed by atoms with E-state index in [4.69, 9.17) is 11.6 Å². The maximum absolute atomic E-state index is 12.4. The molecule has 0 aliphatic rings. The Kier molecular flexibility index (Phi) is 5.63. The molecule has 0 aliphatic carbocycles. The molecule has 1 amide bonds. The molecule has 0 aliphatic heterocycles. The smallest absolute Gasteiger partial charge is 0.230 e. The quantitative estimate of drug-likeness (QED) is 0.370. The zero-order chi connectivity index (χ0) is 20.5. The number of thiazole rings is 1. The van der Waals surface area contributed by atoms with E-state index in [2.05, 4.69) is 15.0 Å². The maximum Gasteiger partial charge on any atom is 0.230 e. The highest BCUT2D eigenvalue weighted by atomic mass is 35.5. The number of fused-ring (bicyclic) bond motifs is 1. The summed E-state index contributed by atoms with van der Waals surface area (Å²) in [5.74, 6) is 0.535. The van der Waals surface area contributed by atoms with Gasteiger partial charge in [-0.3, -0.25) is 9.69 Å². The number of hydrogen-bond acceptors (Lipinski definition) is 5. The number of thioether (sulfide) groups is 1. The van der Waals surface area contributed by atoms with Gasteiger partial charge in [0.15, 0.2) is 10.3 Å². The summed E-state index contributed by atoms with van der Waals surface area (Å²) < 4.78 is 0. The van der Waals surface area contributed by atoms with Gasteiger partial charge in [-0.2, -0.15) is 0 Å². The Morgan fingerprint density at radius 1 is 1.24 bits per heavy atom. The van der Waals surface area contributed by atoms with Crippen LogP contribution < -0.4 is 4.90 Å². The third-order valence-corrected chi connectivity index (χ3v) is 6.46. The van der Waals surface area contributed by atoms with Crippen molar-refractivity contribution >= 4 is 62.5 Å². The summed E-state index contributed by atoms with van der Waals surface area (Å²) in [6.45, 7) is 5.47. The van der Waals surface area contributed by atoms with Crippen molar-refractivity contribution in [2.45, 2.75) is 31.7 Å². The van der Waals surface area contributed by atoms with E-state index >= 15 is 0 Å². The summed E-state index contributed by atoms with van der Waals surface area (Å²) >= 11 is 9.50. The number of para-hydroxylation sites is 2. The van der Waals surface area contributed by atoms with Crippen LogP contribution >= 0.6 is 34.7 Å². The zero-order valence-electron chi connectivity index (χ0n) is 16.2. The molecule has 0 bridgehead atoms. The number of H-pyrrole nitrogens is 1. The molecular formula is C21H19ClN4OS2. The Balaban J connectivity index is 1.57. The number of aromatic nitrogens is 3. The van der Waals surface area contributed by atoms with Gasteiger partial charge >= 0.3 is 0 Å². The van der Waals surface area contributed by atoms with Gasteiger partial charge in [0.1, 0.15) is 0 Å². The van der Waals surface area contributed by atoms with Gasteiger partial charge in [0.25, 0.3) is 0 Å². The molecule has 0 spiro atoms. The molecule has 2 heterocycles. The predicted octanol–water partition coefficient (Wildman–Crippen LogP) is 6.27. The molecule has 4 rings (SSSR count). The second kappa shape index (κ2) is 8.18. The molecule has 0 fully saturated rings. The van der Waals surface area contributed by atoms with Crippen LogP contribution in [0, 0.1) is 13.8 Å². The number of carbonyl (C=O) groups is 1. The topological polar surface area (TPSA) is 61.9 Å². The predicted molar refractivity (Wildman–Crippen MR) is 122 cm³/mol. The number of aryl methyl sites for hydroxylation is 2. The number of rotatable bonds is 5. The number of nitrogens with one attached hydrogen (secondary N) is 1. The summed E-state index contributed by atoms with van der Waals surface area (Å²) in [5.41, 5.74) is 5.54. The van der Waals surface area contributed by atoms with Crippen molar-refractivity contribution < 1.29 is 4.79 Å². The SMILES string of the molecule is CC(=O)N(c1nc(CSc2nc3ccccc3[nH]2)cs1)c1c(C)cc(C)cc1Cl. The van der Waals surface area contributed by atoms with E-state index in [1.54, 1.807) is 16.7 Å². The van der Waals surface area contributed by atoms with Gasteiger partial charge < -0.3 is 4.98 Å². The standard InChI is InChI=1S/C21H19ClN4OS2/c1-12-8-13(2)19(16(22)9-12)26(14(3)27)21-23-15(11-29-21)10-28-20-24-17-6-4-5-7-18(17)25-20/h4-9,11H,10H2,1-3H3,(H,24,25). The Morgan fingerprint density at radius 2 is 2.03 bits per heavy atom. The van der Waals surface area contributed by atoms with Crippen LogP contribution in [0.4, 0.5) is 10.8 Å². The third-order valence-electron chi connectivity index (χ3n) is 4.39. The molecule has 0 saturated carbocycles. The Hall–Kier alpha value is -2.35. The van der Waals surface area contributed by atoms with E-state index < -0.39 is 0 Å². The number of aromatic amines is 1. The highest BCUT2D eigenvalue weighted by molar-refractivity contribution is 7.98. The van der Waals surface area contributed by atoms with Crippen LogP contribution in [0.1, 0.15) is 23.7 Å². The molecule has 2 aromatic heterocycles. The number of nitrogens with zero attached hydrogens (tertiary/aromatic N) is 3. The lowest BCUT2D eigenvalue weighted by Gasteiger charge is -2.22. The number of amides is 1. The first kappa shape index (κ1) is 19.9. The van der Waals surface area contributed by atoms with Crippen molar-refractivity contribution in [1.82, 2.24) is 15.0 Å². The number of anilines is 2. The Bertz CT molecular complexity index is 1140. The van der Waals surface area contributed by atoms with Crippen LogP contribution in [-0.2, 0) is 10.5 Å². The average molecular weight is 443 g/mol. The van der Waals surface area contributed by atoms with E-state index in [0.717, 1.165) is 33.0 Å². The molecular weight excluding hydrogens is 424 g/mol. The Morgan fingerprint density at radius 3 is 2.76 bits per heavy atom. The number of benzene rings is 2. The summed E-state index contributed by atoms with van der Waals surface area (Å²) in [4.78, 5) is 26.6. The normalized spacial score (nSPS) is 11.2. The van der Waals surface area contributed by atoms with Crippen molar-refractivity contribution in [2.24, 2.45) is 0 Å². The van der Waals surface area contributed by atoms with Crippen molar-refractivity contribution in [2.75, 3.05) is 4.90 Å². The lowest BCUT2D eigenvalue weighted by Crippen LogP contribution is -2.24. The van der Waals surface area contributed by atoms with Crippen molar-refractivity contribution in [3.05, 3.63) is 63.6 Å². The number of carbonyl (C=O) groups excluding carboxylic acids is 1. The monoisotopic (exact) mass is 442 g/mol. The molecule has 0 unspecified atom stereocenters. The number of halogens is 1. The number of imidazole rings is 1. The minimum absolute atomic E-state index is 0.121. The van der Waals surface area contributed by atoms with Crippen LogP contribution in [0.2, 0.25) is 5.02 Å². The molecule has 4 aromatic rings. The van der Waals surface area contributed by atoms with Crippen LogP contribution in [-0.4, -0.2) is 20.9 Å². The van der Waals surface area contributed by atoms with Gasteiger partial charge in [-0.25, -0.2) is 9.97 Å². The van der Waals surface area contributed by atoms with Crippen LogP contribution in [0.15, 0.2) is 46.9 Å². The molecule has 2 aromatic carbocycles. The van der Waals surface area contributed by atoms with E-state index in [-0.39, 0.29) is 5.91 Å². The summed E-state index contributed by atoms with van der Waals surface area (Å²) in [6, 6.07) is 11.8. The average Bonchev–Trinajstić information content (AvgIpc) is 3.28.